The van der Waals surface area contributed by atoms with E-state index in [1.165, 1.54) is 24.3 Å². The summed E-state index contributed by atoms with van der Waals surface area (Å²) < 4.78 is 18.4. The van der Waals surface area contributed by atoms with Gasteiger partial charge in [-0.1, -0.05) is 30.7 Å². The van der Waals surface area contributed by atoms with E-state index in [1.54, 1.807) is 24.3 Å². The fourth-order valence-electron chi connectivity index (χ4n) is 1.78. The molecule has 0 saturated heterocycles. The van der Waals surface area contributed by atoms with Crippen LogP contribution in [-0.4, -0.2) is 12.0 Å². The molecule has 0 fully saturated rings. The van der Waals surface area contributed by atoms with Gasteiger partial charge in [0.05, 0.1) is 10.7 Å². The molecule has 0 heterocycles. The Bertz CT molecular complexity index is 616. The van der Waals surface area contributed by atoms with Crippen LogP contribution in [0.3, 0.4) is 0 Å². The van der Waals surface area contributed by atoms with Crippen LogP contribution in [0, 0.1) is 5.82 Å². The molecular formula is C16H15ClFNO2. The van der Waals surface area contributed by atoms with E-state index in [9.17, 15) is 9.18 Å². The lowest BCUT2D eigenvalue weighted by atomic mass is 10.2. The fraction of sp³-hybridized carbons (Fsp3) is 0.188. The first kappa shape index (κ1) is 15.3. The van der Waals surface area contributed by atoms with Gasteiger partial charge in [-0.25, -0.2) is 4.39 Å². The van der Waals surface area contributed by atoms with Crippen LogP contribution in [0.1, 0.15) is 13.3 Å². The van der Waals surface area contributed by atoms with Gasteiger partial charge in [0.25, 0.3) is 5.91 Å². The summed E-state index contributed by atoms with van der Waals surface area (Å²) in [4.78, 5) is 12.2. The highest BCUT2D eigenvalue weighted by Gasteiger charge is 2.19. The lowest BCUT2D eigenvalue weighted by Crippen LogP contribution is -2.32. The lowest BCUT2D eigenvalue weighted by Gasteiger charge is -2.17. The average molecular weight is 308 g/mol. The summed E-state index contributed by atoms with van der Waals surface area (Å²) >= 11 is 6.00. The molecule has 0 unspecified atom stereocenters. The Hall–Kier alpha value is -2.07. The number of halogens is 2. The summed E-state index contributed by atoms with van der Waals surface area (Å²) in [5.74, 6) is -0.205. The van der Waals surface area contributed by atoms with Gasteiger partial charge < -0.3 is 10.1 Å². The second kappa shape index (κ2) is 7.09. The molecule has 2 aromatic carbocycles. The van der Waals surface area contributed by atoms with Crippen LogP contribution in [0.25, 0.3) is 0 Å². The van der Waals surface area contributed by atoms with E-state index in [-0.39, 0.29) is 11.7 Å². The summed E-state index contributed by atoms with van der Waals surface area (Å²) in [6.45, 7) is 1.83. The maximum absolute atomic E-state index is 12.8. The van der Waals surface area contributed by atoms with Crippen molar-refractivity contribution in [3.8, 4) is 5.75 Å². The van der Waals surface area contributed by atoms with Gasteiger partial charge in [-0.05, 0) is 42.8 Å². The largest absolute Gasteiger partial charge is 0.481 e. The Morgan fingerprint density at radius 1 is 1.24 bits per heavy atom. The predicted octanol–water partition coefficient (Wildman–Crippen LogP) is 4.28. The summed E-state index contributed by atoms with van der Waals surface area (Å²) in [7, 11) is 0. The molecule has 1 atom stereocenters. The number of carbonyl (C=O) groups excluding carboxylic acids is 1. The number of hydrogen-bond donors (Lipinski definition) is 1. The van der Waals surface area contributed by atoms with Crippen LogP contribution < -0.4 is 10.1 Å². The normalized spacial score (nSPS) is 11.8. The molecule has 0 aliphatic heterocycles. The topological polar surface area (TPSA) is 38.3 Å². The van der Waals surface area contributed by atoms with E-state index in [1.807, 2.05) is 6.92 Å². The highest BCUT2D eigenvalue weighted by Crippen LogP contribution is 2.21. The summed E-state index contributed by atoms with van der Waals surface area (Å²) in [6.07, 6.45) is -0.194. The summed E-state index contributed by atoms with van der Waals surface area (Å²) in [5, 5.41) is 3.18. The molecule has 1 amide bonds. The van der Waals surface area contributed by atoms with Crippen LogP contribution in [-0.2, 0) is 4.79 Å². The fourth-order valence-corrected chi connectivity index (χ4v) is 1.96. The van der Waals surface area contributed by atoms with Crippen molar-refractivity contribution in [2.45, 2.75) is 19.4 Å². The zero-order chi connectivity index (χ0) is 15.2. The minimum Gasteiger partial charge on any atom is -0.481 e. The van der Waals surface area contributed by atoms with Crippen LogP contribution in [0.15, 0.2) is 48.5 Å². The Morgan fingerprint density at radius 2 is 1.90 bits per heavy atom. The smallest absolute Gasteiger partial charge is 0.265 e. The number of amides is 1. The molecule has 0 aromatic heterocycles. The molecule has 1 N–H and O–H groups in total. The summed E-state index contributed by atoms with van der Waals surface area (Å²) in [6, 6.07) is 12.5. The highest BCUT2D eigenvalue weighted by molar-refractivity contribution is 6.33. The Labute approximate surface area is 127 Å². The van der Waals surface area contributed by atoms with Crippen LogP contribution in [0.5, 0.6) is 5.75 Å². The first-order valence-electron chi connectivity index (χ1n) is 6.57. The molecule has 5 heteroatoms. The second-order valence-corrected chi connectivity index (χ2v) is 4.84. The Balaban J connectivity index is 2.05. The number of carbonyl (C=O) groups is 1. The molecule has 3 nitrogen and oxygen atoms in total. The van der Waals surface area contributed by atoms with E-state index >= 15 is 0 Å². The number of rotatable bonds is 5. The number of ether oxygens (including phenoxy) is 1. The van der Waals surface area contributed by atoms with Crippen molar-refractivity contribution in [2.24, 2.45) is 0 Å². The molecular weight excluding hydrogens is 293 g/mol. The van der Waals surface area contributed by atoms with Crippen molar-refractivity contribution in [2.75, 3.05) is 5.32 Å². The van der Waals surface area contributed by atoms with Crippen LogP contribution in [0.4, 0.5) is 10.1 Å². The molecule has 0 saturated carbocycles. The van der Waals surface area contributed by atoms with E-state index < -0.39 is 6.10 Å². The van der Waals surface area contributed by atoms with Gasteiger partial charge in [-0.15, -0.1) is 0 Å². The highest BCUT2D eigenvalue weighted by atomic mass is 35.5. The van der Waals surface area contributed by atoms with Crippen molar-refractivity contribution in [3.05, 3.63) is 59.4 Å². The third kappa shape index (κ3) is 4.20. The van der Waals surface area contributed by atoms with E-state index in [4.69, 9.17) is 16.3 Å². The standard InChI is InChI=1S/C16H15ClFNO2/c1-2-15(21-12-9-7-11(18)8-10-12)16(20)19-14-6-4-3-5-13(14)17/h3-10,15H,2H2,1H3,(H,19,20)/t15-/m1/s1. The number of anilines is 1. The number of nitrogens with one attached hydrogen (secondary N) is 1. The van der Waals surface area contributed by atoms with Crippen molar-refractivity contribution >= 4 is 23.2 Å². The van der Waals surface area contributed by atoms with Crippen molar-refractivity contribution in [1.82, 2.24) is 0 Å². The Kier molecular flexibility index (Phi) is 5.17. The maximum atomic E-state index is 12.8. The lowest BCUT2D eigenvalue weighted by molar-refractivity contribution is -0.122. The molecule has 2 rings (SSSR count). The molecule has 2 aromatic rings. The SMILES string of the molecule is CC[C@@H](Oc1ccc(F)cc1)C(=O)Nc1ccccc1Cl. The first-order chi connectivity index (χ1) is 10.1. The van der Waals surface area contributed by atoms with Crippen molar-refractivity contribution in [1.29, 1.82) is 0 Å². The third-order valence-corrected chi connectivity index (χ3v) is 3.22. The van der Waals surface area contributed by atoms with E-state index in [0.29, 0.717) is 22.9 Å². The van der Waals surface area contributed by atoms with E-state index in [2.05, 4.69) is 5.32 Å². The van der Waals surface area contributed by atoms with Crippen LogP contribution in [0.2, 0.25) is 5.02 Å². The molecule has 21 heavy (non-hydrogen) atoms. The quantitative estimate of drug-likeness (QED) is 0.895. The van der Waals surface area contributed by atoms with Crippen molar-refractivity contribution in [3.63, 3.8) is 0 Å². The van der Waals surface area contributed by atoms with Gasteiger partial charge >= 0.3 is 0 Å². The molecule has 0 aliphatic rings. The van der Waals surface area contributed by atoms with Gasteiger partial charge in [0.15, 0.2) is 6.10 Å². The van der Waals surface area contributed by atoms with Gasteiger partial charge in [0, 0.05) is 0 Å². The van der Waals surface area contributed by atoms with Gasteiger partial charge in [0.2, 0.25) is 0 Å². The molecule has 0 spiro atoms. The Morgan fingerprint density at radius 3 is 2.52 bits per heavy atom. The van der Waals surface area contributed by atoms with E-state index in [0.717, 1.165) is 0 Å². The summed E-state index contributed by atoms with van der Waals surface area (Å²) in [5.41, 5.74) is 0.533. The van der Waals surface area contributed by atoms with Gasteiger partial charge in [0.1, 0.15) is 11.6 Å². The number of benzene rings is 2. The minimum absolute atomic E-state index is 0.296. The molecule has 110 valence electrons. The van der Waals surface area contributed by atoms with Crippen molar-refractivity contribution < 1.29 is 13.9 Å². The first-order valence-corrected chi connectivity index (χ1v) is 6.95. The second-order valence-electron chi connectivity index (χ2n) is 4.44. The zero-order valence-corrected chi connectivity index (χ0v) is 12.2. The molecule has 0 radical (unpaired) electrons. The monoisotopic (exact) mass is 307 g/mol. The van der Waals surface area contributed by atoms with Gasteiger partial charge in [-0.2, -0.15) is 0 Å². The predicted molar refractivity (Wildman–Crippen MR) is 81.2 cm³/mol. The molecule has 0 aliphatic carbocycles. The maximum Gasteiger partial charge on any atom is 0.265 e. The van der Waals surface area contributed by atoms with Crippen LogP contribution >= 0.6 is 11.6 Å². The van der Waals surface area contributed by atoms with Gasteiger partial charge in [-0.3, -0.25) is 4.79 Å². The number of para-hydroxylation sites is 1. The third-order valence-electron chi connectivity index (χ3n) is 2.89. The number of hydrogen-bond acceptors (Lipinski definition) is 2. The minimum atomic E-state index is -0.674. The molecule has 0 bridgehead atoms. The zero-order valence-electron chi connectivity index (χ0n) is 11.5. The average Bonchev–Trinajstić information content (AvgIpc) is 2.49.